The van der Waals surface area contributed by atoms with Gasteiger partial charge in [0.1, 0.15) is 5.69 Å². The molecule has 0 unspecified atom stereocenters. The number of hydroxylamine groups is 1. The predicted molar refractivity (Wildman–Crippen MR) is 127 cm³/mol. The van der Waals surface area contributed by atoms with Crippen molar-refractivity contribution < 1.29 is 32.3 Å². The number of hydrogen-bond acceptors (Lipinski definition) is 6. The van der Waals surface area contributed by atoms with Crippen LogP contribution in [-0.2, 0) is 17.5 Å². The van der Waals surface area contributed by atoms with Gasteiger partial charge in [0.2, 0.25) is 0 Å². The zero-order valence-corrected chi connectivity index (χ0v) is 21.8. The molecule has 1 amide bonds. The van der Waals surface area contributed by atoms with Gasteiger partial charge in [-0.05, 0) is 51.3 Å². The van der Waals surface area contributed by atoms with Gasteiger partial charge in [-0.15, -0.1) is 11.3 Å². The maximum atomic E-state index is 13.4. The number of unbranched alkanes of at least 4 members (excludes halogenated alkanes) is 1. The molecular formula is C24H32F3N3O4S. The lowest BCUT2D eigenvalue weighted by molar-refractivity contribution is -0.137. The number of benzene rings is 1. The second-order valence-electron chi connectivity index (χ2n) is 9.33. The number of rotatable bonds is 8. The molecule has 7 nitrogen and oxygen atoms in total. The highest BCUT2D eigenvalue weighted by Crippen LogP contribution is 2.33. The van der Waals surface area contributed by atoms with Crippen LogP contribution in [0.4, 0.5) is 13.2 Å². The summed E-state index contributed by atoms with van der Waals surface area (Å²) in [5, 5.41) is 0. The fourth-order valence-corrected chi connectivity index (χ4v) is 4.20. The molecule has 1 N–H and O–H groups in total. The van der Waals surface area contributed by atoms with Gasteiger partial charge in [0.25, 0.3) is 5.91 Å². The van der Waals surface area contributed by atoms with Gasteiger partial charge in [0.15, 0.2) is 10.6 Å². The summed E-state index contributed by atoms with van der Waals surface area (Å²) in [6.07, 6.45) is -3.14. The summed E-state index contributed by atoms with van der Waals surface area (Å²) in [5.41, 5.74) is 1.12. The van der Waals surface area contributed by atoms with Crippen LogP contribution in [0, 0.1) is 0 Å². The number of alkyl halides is 3. The fourth-order valence-electron chi connectivity index (χ4n) is 3.05. The van der Waals surface area contributed by atoms with Crippen molar-refractivity contribution in [2.24, 2.45) is 4.99 Å². The van der Waals surface area contributed by atoms with Crippen LogP contribution < -0.4 is 15.1 Å². The van der Waals surface area contributed by atoms with Crippen molar-refractivity contribution in [1.29, 1.82) is 0 Å². The Bertz CT molecular complexity index is 1130. The van der Waals surface area contributed by atoms with E-state index in [1.807, 2.05) is 20.8 Å². The highest BCUT2D eigenvalue weighted by atomic mass is 32.1. The van der Waals surface area contributed by atoms with Gasteiger partial charge >= 0.3 is 12.1 Å². The van der Waals surface area contributed by atoms with E-state index in [0.717, 1.165) is 36.0 Å². The quantitative estimate of drug-likeness (QED) is 0.360. The summed E-state index contributed by atoms with van der Waals surface area (Å²) in [5.74, 6) is -1.63. The minimum atomic E-state index is -4.65. The lowest BCUT2D eigenvalue weighted by atomic mass is 10.1. The molecule has 1 heterocycles. The summed E-state index contributed by atoms with van der Waals surface area (Å²) in [7, 11) is 1.27. The number of ether oxygens (including phenoxy) is 1. The van der Waals surface area contributed by atoms with Crippen LogP contribution in [0.15, 0.2) is 23.2 Å². The zero-order chi connectivity index (χ0) is 26.6. The van der Waals surface area contributed by atoms with E-state index in [1.165, 1.54) is 7.11 Å². The van der Waals surface area contributed by atoms with Crippen molar-refractivity contribution in [3.63, 3.8) is 0 Å². The molecule has 0 aliphatic carbocycles. The monoisotopic (exact) mass is 515 g/mol. The highest BCUT2D eigenvalue weighted by molar-refractivity contribution is 7.09. The molecule has 0 fully saturated rings. The van der Waals surface area contributed by atoms with Gasteiger partial charge in [-0.3, -0.25) is 4.79 Å². The Morgan fingerprint density at radius 1 is 1.20 bits per heavy atom. The Morgan fingerprint density at radius 2 is 1.86 bits per heavy atom. The highest BCUT2D eigenvalue weighted by Gasteiger charge is 2.32. The number of carbonyl (C=O) groups excluding carboxylic acids is 2. The molecule has 2 rings (SSSR count). The van der Waals surface area contributed by atoms with Crippen molar-refractivity contribution >= 4 is 23.2 Å². The average molecular weight is 516 g/mol. The molecule has 194 valence electrons. The number of methoxy groups -OCH3 is 1. The number of amides is 1. The van der Waals surface area contributed by atoms with Gasteiger partial charge in [0.05, 0.1) is 18.2 Å². The summed E-state index contributed by atoms with van der Waals surface area (Å²) < 4.78 is 46.7. The van der Waals surface area contributed by atoms with E-state index in [2.05, 4.69) is 10.5 Å². The summed E-state index contributed by atoms with van der Waals surface area (Å²) >= 11 is 1.14. The number of carbonyl (C=O) groups is 2. The van der Waals surface area contributed by atoms with E-state index < -0.39 is 29.2 Å². The van der Waals surface area contributed by atoms with Crippen LogP contribution in [0.3, 0.4) is 0 Å². The first-order valence-corrected chi connectivity index (χ1v) is 12.1. The van der Waals surface area contributed by atoms with E-state index in [4.69, 9.17) is 9.57 Å². The van der Waals surface area contributed by atoms with E-state index in [-0.39, 0.29) is 22.0 Å². The van der Waals surface area contributed by atoms with E-state index in [1.54, 1.807) is 25.3 Å². The lowest BCUT2D eigenvalue weighted by Gasteiger charge is -2.21. The summed E-state index contributed by atoms with van der Waals surface area (Å²) in [6, 6.07) is 2.65. The van der Waals surface area contributed by atoms with Gasteiger partial charge in [0, 0.05) is 17.0 Å². The third-order valence-electron chi connectivity index (χ3n) is 4.78. The van der Waals surface area contributed by atoms with Crippen LogP contribution in [0.2, 0.25) is 0 Å². The molecule has 0 spiro atoms. The third-order valence-corrected chi connectivity index (χ3v) is 6.15. The van der Waals surface area contributed by atoms with Crippen molar-refractivity contribution in [3.05, 3.63) is 44.7 Å². The Hall–Kier alpha value is -2.66. The number of thiazole rings is 1. The molecule has 1 aromatic carbocycles. The topological polar surface area (TPSA) is 81.9 Å². The first kappa shape index (κ1) is 28.6. The molecule has 0 saturated carbocycles. The van der Waals surface area contributed by atoms with Crippen molar-refractivity contribution in [3.8, 4) is 5.75 Å². The standard InChI is InChI=1S/C24H32F3N3O4S/c1-8-9-12-30-18(21(32)33-7)19(14(2)3)35-22(30)28-20(31)16-13-15(24(25,26)27)10-11-17(16)34-29-23(4,5)6/h10-11,13-14,29H,8-9,12H2,1-7H3/b28-22-. The van der Waals surface area contributed by atoms with Crippen LogP contribution in [0.5, 0.6) is 5.75 Å². The van der Waals surface area contributed by atoms with Gasteiger partial charge < -0.3 is 14.1 Å². The molecule has 11 heteroatoms. The largest absolute Gasteiger partial charge is 0.464 e. The number of nitrogens with one attached hydrogen (secondary N) is 1. The van der Waals surface area contributed by atoms with E-state index in [9.17, 15) is 22.8 Å². The number of nitrogens with zero attached hydrogens (tertiary/aromatic N) is 2. The Morgan fingerprint density at radius 3 is 2.37 bits per heavy atom. The van der Waals surface area contributed by atoms with Crippen LogP contribution in [0.25, 0.3) is 0 Å². The first-order valence-electron chi connectivity index (χ1n) is 11.3. The van der Waals surface area contributed by atoms with Gasteiger partial charge in [-0.25, -0.2) is 4.79 Å². The SMILES string of the molecule is CCCCn1c(C(=O)OC)c(C(C)C)s/c1=N\C(=O)c1cc(C(F)(F)F)ccc1ONC(C)(C)C. The molecule has 2 aromatic rings. The predicted octanol–water partition coefficient (Wildman–Crippen LogP) is 5.70. The Kier molecular flexibility index (Phi) is 9.29. The van der Waals surface area contributed by atoms with Gasteiger partial charge in [-0.2, -0.15) is 23.6 Å². The van der Waals surface area contributed by atoms with E-state index >= 15 is 0 Å². The lowest BCUT2D eigenvalue weighted by Crippen LogP contribution is -2.38. The molecule has 0 aliphatic rings. The summed E-state index contributed by atoms with van der Waals surface area (Å²) in [4.78, 5) is 36.3. The first-order chi connectivity index (χ1) is 16.2. The maximum Gasteiger partial charge on any atom is 0.416 e. The Balaban J connectivity index is 2.71. The number of hydrogen-bond donors (Lipinski definition) is 1. The smallest absolute Gasteiger partial charge is 0.416 e. The van der Waals surface area contributed by atoms with Crippen molar-refractivity contribution in [1.82, 2.24) is 10.0 Å². The molecule has 0 aliphatic heterocycles. The van der Waals surface area contributed by atoms with Crippen molar-refractivity contribution in [2.75, 3.05) is 7.11 Å². The zero-order valence-electron chi connectivity index (χ0n) is 21.0. The molecule has 1 aromatic heterocycles. The van der Waals surface area contributed by atoms with Gasteiger partial charge in [-0.1, -0.05) is 27.2 Å². The molecule has 35 heavy (non-hydrogen) atoms. The molecule has 0 saturated heterocycles. The molecule has 0 atom stereocenters. The number of esters is 1. The van der Waals surface area contributed by atoms with Crippen molar-refractivity contribution in [2.45, 2.75) is 78.6 Å². The van der Waals surface area contributed by atoms with E-state index in [0.29, 0.717) is 23.5 Å². The van der Waals surface area contributed by atoms with Crippen LogP contribution in [-0.4, -0.2) is 29.1 Å². The second kappa shape index (κ2) is 11.4. The van der Waals surface area contributed by atoms with Crippen LogP contribution in [0.1, 0.15) is 91.6 Å². The maximum absolute atomic E-state index is 13.4. The average Bonchev–Trinajstić information content (AvgIpc) is 3.12. The number of halogens is 3. The van der Waals surface area contributed by atoms with Crippen LogP contribution >= 0.6 is 11.3 Å². The third kappa shape index (κ3) is 7.41. The second-order valence-corrected chi connectivity index (χ2v) is 10.3. The molecule has 0 radical (unpaired) electrons. The summed E-state index contributed by atoms with van der Waals surface area (Å²) in [6.45, 7) is 11.6. The minimum Gasteiger partial charge on any atom is -0.464 e. The molecule has 0 bridgehead atoms. The molecular weight excluding hydrogens is 483 g/mol. The normalized spacial score (nSPS) is 12.8. The Labute approximate surface area is 206 Å². The minimum absolute atomic E-state index is 0.0653. The fraction of sp³-hybridized carbons (Fsp3) is 0.542. The number of aromatic nitrogens is 1.